The fourth-order valence-electron chi connectivity index (χ4n) is 2.83. The quantitative estimate of drug-likeness (QED) is 0.876. The molecule has 0 spiro atoms. The minimum absolute atomic E-state index is 0.208. The van der Waals surface area contributed by atoms with E-state index in [1.807, 2.05) is 4.90 Å². The van der Waals surface area contributed by atoms with Crippen LogP contribution in [0.25, 0.3) is 0 Å². The molecule has 1 aliphatic rings. The Bertz CT molecular complexity index is 689. The Labute approximate surface area is 133 Å². The predicted octanol–water partition coefficient (Wildman–Crippen LogP) is 0.486. The molecule has 8 heteroatoms. The van der Waals surface area contributed by atoms with Crippen LogP contribution in [0.3, 0.4) is 0 Å². The topological polar surface area (TPSA) is 95.6 Å². The number of hydrogen-bond donors (Lipinski definition) is 1. The Kier molecular flexibility index (Phi) is 3.99. The van der Waals surface area contributed by atoms with E-state index in [0.29, 0.717) is 25.2 Å². The first-order valence-corrected chi connectivity index (χ1v) is 7.37. The normalized spacial score (nSPS) is 20.7. The van der Waals surface area contributed by atoms with Crippen LogP contribution in [0.1, 0.15) is 22.7 Å². The first kappa shape index (κ1) is 15.4. The van der Waals surface area contributed by atoms with E-state index in [0.717, 1.165) is 5.82 Å². The van der Waals surface area contributed by atoms with Gasteiger partial charge in [0.2, 0.25) is 5.76 Å². The molecule has 2 aromatic heterocycles. The lowest BCUT2D eigenvalue weighted by molar-refractivity contribution is 0.0251. The van der Waals surface area contributed by atoms with Gasteiger partial charge in [0.05, 0.1) is 18.4 Å². The van der Waals surface area contributed by atoms with Crippen LogP contribution in [-0.4, -0.2) is 63.1 Å². The van der Waals surface area contributed by atoms with Crippen molar-refractivity contribution in [2.75, 3.05) is 31.6 Å². The van der Waals surface area contributed by atoms with Crippen LogP contribution in [0.2, 0.25) is 0 Å². The Morgan fingerprint density at radius 1 is 1.48 bits per heavy atom. The molecule has 1 aliphatic heterocycles. The number of aryl methyl sites for hydroxylation is 1. The van der Waals surface area contributed by atoms with Gasteiger partial charge < -0.3 is 19.3 Å². The SMILES string of the molecule is Cc1ncoc1C(=O)N(C)C[C@]1(O)CCN(c2cnccn2)C1. The summed E-state index contributed by atoms with van der Waals surface area (Å²) in [6, 6.07) is 0. The summed E-state index contributed by atoms with van der Waals surface area (Å²) < 4.78 is 5.12. The third-order valence-corrected chi connectivity index (χ3v) is 4.02. The highest BCUT2D eigenvalue weighted by Gasteiger charge is 2.39. The molecule has 3 heterocycles. The minimum atomic E-state index is -0.990. The maximum Gasteiger partial charge on any atom is 0.291 e. The molecule has 0 unspecified atom stereocenters. The highest BCUT2D eigenvalue weighted by atomic mass is 16.4. The van der Waals surface area contributed by atoms with E-state index in [-0.39, 0.29) is 18.2 Å². The molecule has 3 rings (SSSR count). The average Bonchev–Trinajstić information content (AvgIpc) is 3.13. The number of nitrogens with zero attached hydrogens (tertiary/aromatic N) is 5. The number of aliphatic hydroxyl groups is 1. The van der Waals surface area contributed by atoms with Crippen molar-refractivity contribution in [2.24, 2.45) is 0 Å². The molecule has 1 N–H and O–H groups in total. The number of anilines is 1. The molecule has 0 aliphatic carbocycles. The molecular weight excluding hydrogens is 298 g/mol. The molecule has 122 valence electrons. The lowest BCUT2D eigenvalue weighted by Gasteiger charge is -2.28. The number of carbonyl (C=O) groups is 1. The number of likely N-dealkylation sites (N-methyl/N-ethyl adjacent to an activating group) is 1. The van der Waals surface area contributed by atoms with Crippen LogP contribution in [-0.2, 0) is 0 Å². The number of β-amino-alcohol motifs (C(OH)–C–C–N with tert-alkyl or cyclic N) is 1. The van der Waals surface area contributed by atoms with Gasteiger partial charge in [0.1, 0.15) is 11.4 Å². The molecule has 0 aromatic carbocycles. The molecule has 1 atom stereocenters. The summed E-state index contributed by atoms with van der Waals surface area (Å²) in [6.07, 6.45) is 6.69. The molecule has 1 fully saturated rings. The molecular formula is C15H19N5O3. The van der Waals surface area contributed by atoms with Gasteiger partial charge in [-0.25, -0.2) is 9.97 Å². The van der Waals surface area contributed by atoms with Gasteiger partial charge in [-0.1, -0.05) is 0 Å². The van der Waals surface area contributed by atoms with E-state index in [2.05, 4.69) is 15.0 Å². The fourth-order valence-corrected chi connectivity index (χ4v) is 2.83. The van der Waals surface area contributed by atoms with Gasteiger partial charge in [0, 0.05) is 32.5 Å². The van der Waals surface area contributed by atoms with Crippen molar-refractivity contribution in [3.63, 3.8) is 0 Å². The Morgan fingerprint density at radius 3 is 2.96 bits per heavy atom. The number of oxazole rings is 1. The van der Waals surface area contributed by atoms with Crippen molar-refractivity contribution in [1.82, 2.24) is 19.9 Å². The fraction of sp³-hybridized carbons (Fsp3) is 0.467. The maximum atomic E-state index is 12.4. The molecule has 1 saturated heterocycles. The number of aromatic nitrogens is 3. The first-order valence-electron chi connectivity index (χ1n) is 7.37. The number of rotatable bonds is 4. The van der Waals surface area contributed by atoms with Crippen molar-refractivity contribution < 1.29 is 14.3 Å². The largest absolute Gasteiger partial charge is 0.438 e. The van der Waals surface area contributed by atoms with E-state index in [9.17, 15) is 9.90 Å². The molecule has 0 radical (unpaired) electrons. The summed E-state index contributed by atoms with van der Waals surface area (Å²) in [5.41, 5.74) is -0.447. The number of amides is 1. The highest BCUT2D eigenvalue weighted by Crippen LogP contribution is 2.26. The zero-order chi connectivity index (χ0) is 16.4. The standard InChI is InChI=1S/C15H19N5O3/c1-11-13(23-10-18-11)14(21)19(2)8-15(22)3-6-20(9-15)12-7-16-4-5-17-12/h4-5,7,10,22H,3,6,8-9H2,1-2H3/t15-/m1/s1. The van der Waals surface area contributed by atoms with Crippen LogP contribution < -0.4 is 4.90 Å². The second-order valence-electron chi connectivity index (χ2n) is 5.89. The van der Waals surface area contributed by atoms with E-state index in [1.165, 1.54) is 11.3 Å². The molecule has 1 amide bonds. The van der Waals surface area contributed by atoms with Gasteiger partial charge in [-0.2, -0.15) is 0 Å². The van der Waals surface area contributed by atoms with E-state index < -0.39 is 5.60 Å². The van der Waals surface area contributed by atoms with Gasteiger partial charge in [-0.3, -0.25) is 9.78 Å². The summed E-state index contributed by atoms with van der Waals surface area (Å²) in [7, 11) is 1.65. The minimum Gasteiger partial charge on any atom is -0.438 e. The first-order chi connectivity index (χ1) is 11.0. The monoisotopic (exact) mass is 317 g/mol. The summed E-state index contributed by atoms with van der Waals surface area (Å²) in [4.78, 5) is 28.0. The predicted molar refractivity (Wildman–Crippen MR) is 82.0 cm³/mol. The zero-order valence-corrected chi connectivity index (χ0v) is 13.1. The molecule has 0 saturated carbocycles. The number of carbonyl (C=O) groups excluding carboxylic acids is 1. The van der Waals surface area contributed by atoms with Crippen LogP contribution in [0, 0.1) is 6.92 Å². The lowest BCUT2D eigenvalue weighted by Crippen LogP contribution is -2.46. The lowest BCUT2D eigenvalue weighted by atomic mass is 10.0. The van der Waals surface area contributed by atoms with E-state index >= 15 is 0 Å². The summed E-state index contributed by atoms with van der Waals surface area (Å²) in [5, 5.41) is 10.8. The zero-order valence-electron chi connectivity index (χ0n) is 13.1. The summed E-state index contributed by atoms with van der Waals surface area (Å²) >= 11 is 0. The van der Waals surface area contributed by atoms with Gasteiger partial charge in [0.15, 0.2) is 6.39 Å². The van der Waals surface area contributed by atoms with Gasteiger partial charge in [0.25, 0.3) is 5.91 Å². The van der Waals surface area contributed by atoms with E-state index in [4.69, 9.17) is 4.42 Å². The van der Waals surface area contributed by atoms with Crippen molar-refractivity contribution in [3.8, 4) is 0 Å². The summed E-state index contributed by atoms with van der Waals surface area (Å²) in [6.45, 7) is 2.99. The van der Waals surface area contributed by atoms with E-state index in [1.54, 1.807) is 32.6 Å². The third kappa shape index (κ3) is 3.16. The van der Waals surface area contributed by atoms with Gasteiger partial charge >= 0.3 is 0 Å². The Hall–Kier alpha value is -2.48. The molecule has 0 bridgehead atoms. The third-order valence-electron chi connectivity index (χ3n) is 4.02. The van der Waals surface area contributed by atoms with Crippen LogP contribution in [0.4, 0.5) is 5.82 Å². The smallest absolute Gasteiger partial charge is 0.291 e. The Morgan fingerprint density at radius 2 is 2.30 bits per heavy atom. The summed E-state index contributed by atoms with van der Waals surface area (Å²) in [5.74, 6) is 0.648. The highest BCUT2D eigenvalue weighted by molar-refractivity contribution is 5.92. The number of hydrogen-bond acceptors (Lipinski definition) is 7. The molecule has 2 aromatic rings. The van der Waals surface area contributed by atoms with Crippen molar-refractivity contribution >= 4 is 11.7 Å². The molecule has 23 heavy (non-hydrogen) atoms. The van der Waals surface area contributed by atoms with Crippen molar-refractivity contribution in [3.05, 3.63) is 36.4 Å². The van der Waals surface area contributed by atoms with Crippen LogP contribution in [0.5, 0.6) is 0 Å². The van der Waals surface area contributed by atoms with Crippen LogP contribution in [0.15, 0.2) is 29.4 Å². The maximum absolute atomic E-state index is 12.4. The second kappa shape index (κ2) is 5.96. The molecule has 8 nitrogen and oxygen atoms in total. The van der Waals surface area contributed by atoms with Crippen molar-refractivity contribution in [2.45, 2.75) is 18.9 Å². The second-order valence-corrected chi connectivity index (χ2v) is 5.89. The van der Waals surface area contributed by atoms with Crippen molar-refractivity contribution in [1.29, 1.82) is 0 Å². The van der Waals surface area contributed by atoms with Gasteiger partial charge in [-0.05, 0) is 13.3 Å². The average molecular weight is 317 g/mol. The Balaban J connectivity index is 1.66. The van der Waals surface area contributed by atoms with Crippen LogP contribution >= 0.6 is 0 Å². The van der Waals surface area contributed by atoms with Gasteiger partial charge in [-0.15, -0.1) is 0 Å².